The molecule has 1 saturated carbocycles. The lowest BCUT2D eigenvalue weighted by atomic mass is 10.1. The lowest BCUT2D eigenvalue weighted by Crippen LogP contribution is -2.51. The van der Waals surface area contributed by atoms with Crippen molar-refractivity contribution in [2.75, 3.05) is 24.2 Å². The molecular weight excluding hydrogens is 502 g/mol. The maximum absolute atomic E-state index is 13.6. The van der Waals surface area contributed by atoms with Crippen LogP contribution in [0.15, 0.2) is 48.5 Å². The average molecular weight is 544 g/mol. The van der Waals surface area contributed by atoms with E-state index in [1.807, 2.05) is 38.1 Å². The van der Waals surface area contributed by atoms with E-state index in [9.17, 15) is 18.0 Å². The SMILES string of the molecule is CCC(C(=O)NC1CCCC1)N(Cc1ccc(C)cc1)C(=O)CCCN(c1ccc(OC)cc1)S(C)(=O)=O. The highest BCUT2D eigenvalue weighted by Gasteiger charge is 2.30. The van der Waals surface area contributed by atoms with E-state index in [2.05, 4.69) is 5.32 Å². The van der Waals surface area contributed by atoms with Crippen LogP contribution < -0.4 is 14.4 Å². The van der Waals surface area contributed by atoms with Crippen molar-refractivity contribution in [1.29, 1.82) is 0 Å². The van der Waals surface area contributed by atoms with Gasteiger partial charge in [-0.3, -0.25) is 13.9 Å². The molecule has 0 spiro atoms. The van der Waals surface area contributed by atoms with Crippen LogP contribution in [0.25, 0.3) is 0 Å². The van der Waals surface area contributed by atoms with Crippen molar-refractivity contribution < 1.29 is 22.7 Å². The maximum Gasteiger partial charge on any atom is 0.243 e. The van der Waals surface area contributed by atoms with Crippen LogP contribution in [0.5, 0.6) is 5.75 Å². The van der Waals surface area contributed by atoms with Gasteiger partial charge in [0.25, 0.3) is 0 Å². The highest BCUT2D eigenvalue weighted by atomic mass is 32.2. The summed E-state index contributed by atoms with van der Waals surface area (Å²) in [5.74, 6) is 0.351. The Hall–Kier alpha value is -3.07. The summed E-state index contributed by atoms with van der Waals surface area (Å²) in [6.45, 7) is 4.40. The smallest absolute Gasteiger partial charge is 0.243 e. The van der Waals surface area contributed by atoms with Gasteiger partial charge in [-0.2, -0.15) is 0 Å². The van der Waals surface area contributed by atoms with Crippen LogP contribution in [-0.4, -0.2) is 57.1 Å². The van der Waals surface area contributed by atoms with Crippen molar-refractivity contribution in [3.05, 3.63) is 59.7 Å². The van der Waals surface area contributed by atoms with Gasteiger partial charge in [0.1, 0.15) is 11.8 Å². The molecule has 1 unspecified atom stereocenters. The maximum atomic E-state index is 13.6. The number of carbonyl (C=O) groups excluding carboxylic acids is 2. The molecule has 2 aromatic rings. The first-order valence-electron chi connectivity index (χ1n) is 13.4. The zero-order valence-electron chi connectivity index (χ0n) is 23.0. The summed E-state index contributed by atoms with van der Waals surface area (Å²) in [4.78, 5) is 28.5. The van der Waals surface area contributed by atoms with Crippen LogP contribution in [0, 0.1) is 6.92 Å². The lowest BCUT2D eigenvalue weighted by Gasteiger charge is -2.32. The van der Waals surface area contributed by atoms with Gasteiger partial charge >= 0.3 is 0 Å². The highest BCUT2D eigenvalue weighted by Crippen LogP contribution is 2.23. The van der Waals surface area contributed by atoms with E-state index >= 15 is 0 Å². The van der Waals surface area contributed by atoms with Crippen LogP contribution in [-0.2, 0) is 26.2 Å². The first-order valence-corrected chi connectivity index (χ1v) is 15.2. The number of hydrogen-bond donors (Lipinski definition) is 1. The molecule has 1 aliphatic rings. The number of nitrogens with zero attached hydrogens (tertiary/aromatic N) is 2. The van der Waals surface area contributed by atoms with E-state index in [4.69, 9.17) is 4.74 Å². The summed E-state index contributed by atoms with van der Waals surface area (Å²) in [6, 6.07) is 14.3. The number of benzene rings is 2. The second-order valence-corrected chi connectivity index (χ2v) is 12.0. The number of nitrogens with one attached hydrogen (secondary N) is 1. The molecule has 0 heterocycles. The first-order chi connectivity index (χ1) is 18.1. The molecule has 1 fully saturated rings. The minimum Gasteiger partial charge on any atom is -0.497 e. The summed E-state index contributed by atoms with van der Waals surface area (Å²) >= 11 is 0. The van der Waals surface area contributed by atoms with Crippen LogP contribution in [0.3, 0.4) is 0 Å². The normalized spacial score (nSPS) is 14.6. The van der Waals surface area contributed by atoms with Crippen molar-refractivity contribution >= 4 is 27.5 Å². The molecule has 38 heavy (non-hydrogen) atoms. The number of anilines is 1. The van der Waals surface area contributed by atoms with E-state index in [0.717, 1.165) is 43.1 Å². The van der Waals surface area contributed by atoms with Gasteiger partial charge < -0.3 is 15.0 Å². The third-order valence-corrected chi connectivity index (χ3v) is 8.27. The van der Waals surface area contributed by atoms with Gasteiger partial charge in [-0.25, -0.2) is 8.42 Å². The Labute approximate surface area is 227 Å². The highest BCUT2D eigenvalue weighted by molar-refractivity contribution is 7.92. The van der Waals surface area contributed by atoms with E-state index in [1.54, 1.807) is 36.3 Å². The van der Waals surface area contributed by atoms with Crippen molar-refractivity contribution in [1.82, 2.24) is 10.2 Å². The number of aryl methyl sites for hydroxylation is 1. The van der Waals surface area contributed by atoms with Gasteiger partial charge in [0.2, 0.25) is 21.8 Å². The van der Waals surface area contributed by atoms with Gasteiger partial charge in [-0.15, -0.1) is 0 Å². The molecule has 1 N–H and O–H groups in total. The average Bonchev–Trinajstić information content (AvgIpc) is 3.40. The third-order valence-electron chi connectivity index (χ3n) is 7.07. The zero-order chi connectivity index (χ0) is 27.7. The molecule has 1 aliphatic carbocycles. The third kappa shape index (κ3) is 8.21. The Balaban J connectivity index is 1.74. The number of rotatable bonds is 13. The molecule has 0 aliphatic heterocycles. The number of sulfonamides is 1. The van der Waals surface area contributed by atoms with Gasteiger partial charge in [-0.05, 0) is 62.4 Å². The van der Waals surface area contributed by atoms with Crippen LogP contribution >= 0.6 is 0 Å². The van der Waals surface area contributed by atoms with Crippen LogP contribution in [0.1, 0.15) is 63.0 Å². The molecule has 0 saturated heterocycles. The summed E-state index contributed by atoms with van der Waals surface area (Å²) in [7, 11) is -2.00. The molecule has 9 heteroatoms. The molecule has 2 amide bonds. The summed E-state index contributed by atoms with van der Waals surface area (Å²) in [5, 5.41) is 3.15. The largest absolute Gasteiger partial charge is 0.497 e. The lowest BCUT2D eigenvalue weighted by molar-refractivity contribution is -0.141. The second-order valence-electron chi connectivity index (χ2n) is 10.1. The fraction of sp³-hybridized carbons (Fsp3) is 0.517. The fourth-order valence-electron chi connectivity index (χ4n) is 4.93. The Morgan fingerprint density at radius 1 is 1.05 bits per heavy atom. The zero-order valence-corrected chi connectivity index (χ0v) is 23.8. The Kier molecular flexibility index (Phi) is 10.6. The molecule has 0 bridgehead atoms. The summed E-state index contributed by atoms with van der Waals surface area (Å²) < 4.78 is 31.5. The fourth-order valence-corrected chi connectivity index (χ4v) is 5.90. The number of methoxy groups -OCH3 is 1. The number of carbonyl (C=O) groups is 2. The van der Waals surface area contributed by atoms with E-state index in [-0.39, 0.29) is 30.8 Å². The number of hydrogen-bond acceptors (Lipinski definition) is 5. The van der Waals surface area contributed by atoms with E-state index in [0.29, 0.717) is 30.8 Å². The topological polar surface area (TPSA) is 96.0 Å². The van der Waals surface area contributed by atoms with E-state index in [1.165, 1.54) is 4.31 Å². The van der Waals surface area contributed by atoms with Crippen LogP contribution in [0.4, 0.5) is 5.69 Å². The van der Waals surface area contributed by atoms with Gasteiger partial charge in [0.15, 0.2) is 0 Å². The monoisotopic (exact) mass is 543 g/mol. The Morgan fingerprint density at radius 2 is 1.68 bits per heavy atom. The molecule has 1 atom stereocenters. The molecule has 208 valence electrons. The van der Waals surface area contributed by atoms with Crippen molar-refractivity contribution in [2.45, 2.75) is 77.4 Å². The summed E-state index contributed by atoms with van der Waals surface area (Å²) in [5.41, 5.74) is 2.59. The van der Waals surface area contributed by atoms with E-state index < -0.39 is 16.1 Å². The molecule has 0 aromatic heterocycles. The van der Waals surface area contributed by atoms with Gasteiger partial charge in [0, 0.05) is 25.6 Å². The van der Waals surface area contributed by atoms with Crippen molar-refractivity contribution in [3.63, 3.8) is 0 Å². The summed E-state index contributed by atoms with van der Waals surface area (Å²) in [6.07, 6.45) is 6.27. The number of ether oxygens (including phenoxy) is 1. The second kappa shape index (κ2) is 13.6. The molecule has 3 rings (SSSR count). The Morgan fingerprint density at radius 3 is 2.24 bits per heavy atom. The van der Waals surface area contributed by atoms with Gasteiger partial charge in [0.05, 0.1) is 19.1 Å². The number of amides is 2. The first kappa shape index (κ1) is 29.5. The minimum absolute atomic E-state index is 0.115. The van der Waals surface area contributed by atoms with Crippen molar-refractivity contribution in [2.24, 2.45) is 0 Å². The predicted octanol–water partition coefficient (Wildman–Crippen LogP) is 4.42. The molecule has 0 radical (unpaired) electrons. The predicted molar refractivity (Wildman–Crippen MR) is 151 cm³/mol. The molecular formula is C29H41N3O5S. The van der Waals surface area contributed by atoms with Crippen LogP contribution in [0.2, 0.25) is 0 Å². The molecule has 2 aromatic carbocycles. The quantitative estimate of drug-likeness (QED) is 0.404. The van der Waals surface area contributed by atoms with Gasteiger partial charge in [-0.1, -0.05) is 49.6 Å². The minimum atomic E-state index is -3.55. The van der Waals surface area contributed by atoms with Crippen molar-refractivity contribution in [3.8, 4) is 5.75 Å². The Bertz CT molecular complexity index is 1160. The molecule has 8 nitrogen and oxygen atoms in total. The standard InChI is InChI=1S/C29H41N3O5S/c1-5-27(29(34)30-24-9-6-7-10-24)31(21-23-14-12-22(2)13-15-23)28(33)11-8-20-32(38(4,35)36)25-16-18-26(37-3)19-17-25/h12-19,24,27H,5-11,20-21H2,1-4H3,(H,30,34).